The number of likely N-dealkylation sites (tertiary alicyclic amines) is 1. The lowest BCUT2D eigenvalue weighted by Crippen LogP contribution is -2.48. The first-order chi connectivity index (χ1) is 8.79. The maximum Gasteiger partial charge on any atom is 0.0195 e. The Bertz CT molecular complexity index is 224. The van der Waals surface area contributed by atoms with Gasteiger partial charge in [-0.2, -0.15) is 0 Å². The zero-order valence-electron chi connectivity index (χ0n) is 12.3. The van der Waals surface area contributed by atoms with Crippen LogP contribution < -0.4 is 5.32 Å². The van der Waals surface area contributed by atoms with Crippen LogP contribution in [0.15, 0.2) is 0 Å². The van der Waals surface area contributed by atoms with Gasteiger partial charge in [-0.05, 0) is 45.8 Å². The Labute approximate surface area is 113 Å². The highest BCUT2D eigenvalue weighted by atomic mass is 15.2. The van der Waals surface area contributed by atoms with Crippen LogP contribution in [0, 0.1) is 0 Å². The van der Waals surface area contributed by atoms with E-state index in [2.05, 4.69) is 29.1 Å². The van der Waals surface area contributed by atoms with E-state index >= 15 is 0 Å². The Morgan fingerprint density at radius 2 is 1.94 bits per heavy atom. The maximum absolute atomic E-state index is 3.60. The van der Waals surface area contributed by atoms with E-state index < -0.39 is 0 Å². The molecule has 3 heteroatoms. The third kappa shape index (κ3) is 4.22. The van der Waals surface area contributed by atoms with Gasteiger partial charge in [0.05, 0.1) is 0 Å². The third-order valence-corrected chi connectivity index (χ3v) is 4.72. The summed E-state index contributed by atoms with van der Waals surface area (Å²) in [5.74, 6) is 0. The first-order valence-corrected chi connectivity index (χ1v) is 7.95. The number of piperidine rings is 1. The molecule has 1 atom stereocenters. The molecule has 3 nitrogen and oxygen atoms in total. The van der Waals surface area contributed by atoms with Crippen molar-refractivity contribution in [3.8, 4) is 0 Å². The van der Waals surface area contributed by atoms with Gasteiger partial charge in [0.1, 0.15) is 0 Å². The van der Waals surface area contributed by atoms with Crippen LogP contribution in [0.4, 0.5) is 0 Å². The summed E-state index contributed by atoms with van der Waals surface area (Å²) in [6.45, 7) is 8.40. The summed E-state index contributed by atoms with van der Waals surface area (Å²) < 4.78 is 0. The van der Waals surface area contributed by atoms with Gasteiger partial charge < -0.3 is 15.1 Å². The van der Waals surface area contributed by atoms with Crippen LogP contribution in [0.2, 0.25) is 0 Å². The van der Waals surface area contributed by atoms with Gasteiger partial charge in [-0.25, -0.2) is 0 Å². The Kier molecular flexibility index (Phi) is 5.93. The SMILES string of the molecule is CCNC1CCCN(CCN(C)C2CCCC2)C1. The molecule has 2 aliphatic rings. The summed E-state index contributed by atoms with van der Waals surface area (Å²) in [6, 6.07) is 1.61. The molecule has 0 amide bonds. The topological polar surface area (TPSA) is 18.5 Å². The predicted octanol–water partition coefficient (Wildman–Crippen LogP) is 1.93. The lowest BCUT2D eigenvalue weighted by molar-refractivity contribution is 0.153. The van der Waals surface area contributed by atoms with Crippen molar-refractivity contribution in [1.29, 1.82) is 0 Å². The van der Waals surface area contributed by atoms with Crippen LogP contribution in [0.5, 0.6) is 0 Å². The number of hydrogen-bond acceptors (Lipinski definition) is 3. The molecule has 0 aromatic rings. The first kappa shape index (κ1) is 14.3. The fraction of sp³-hybridized carbons (Fsp3) is 1.00. The fourth-order valence-electron chi connectivity index (χ4n) is 3.54. The molecule has 18 heavy (non-hydrogen) atoms. The summed E-state index contributed by atoms with van der Waals surface area (Å²) >= 11 is 0. The van der Waals surface area contributed by atoms with Gasteiger partial charge in [0, 0.05) is 31.7 Å². The van der Waals surface area contributed by atoms with Crippen molar-refractivity contribution in [3.63, 3.8) is 0 Å². The summed E-state index contributed by atoms with van der Waals surface area (Å²) in [4.78, 5) is 5.26. The molecule has 2 fully saturated rings. The number of nitrogens with zero attached hydrogens (tertiary/aromatic N) is 2. The van der Waals surface area contributed by atoms with Crippen LogP contribution in [-0.2, 0) is 0 Å². The predicted molar refractivity (Wildman–Crippen MR) is 78.0 cm³/mol. The van der Waals surface area contributed by atoms with E-state index in [0.717, 1.165) is 18.6 Å². The molecule has 1 aliphatic heterocycles. The highest BCUT2D eigenvalue weighted by molar-refractivity contribution is 4.80. The minimum Gasteiger partial charge on any atom is -0.313 e. The molecule has 2 rings (SSSR count). The van der Waals surface area contributed by atoms with Crippen molar-refractivity contribution >= 4 is 0 Å². The van der Waals surface area contributed by atoms with Gasteiger partial charge in [0.15, 0.2) is 0 Å². The smallest absolute Gasteiger partial charge is 0.0195 e. The van der Waals surface area contributed by atoms with E-state index in [4.69, 9.17) is 0 Å². The van der Waals surface area contributed by atoms with Gasteiger partial charge in [-0.3, -0.25) is 0 Å². The normalized spacial score (nSPS) is 27.2. The molecule has 1 aliphatic carbocycles. The molecular weight excluding hydrogens is 222 g/mol. The van der Waals surface area contributed by atoms with E-state index in [1.54, 1.807) is 0 Å². The number of likely N-dealkylation sites (N-methyl/N-ethyl adjacent to an activating group) is 2. The zero-order chi connectivity index (χ0) is 12.8. The summed E-state index contributed by atoms with van der Waals surface area (Å²) in [5, 5.41) is 3.60. The van der Waals surface area contributed by atoms with E-state index in [-0.39, 0.29) is 0 Å². The first-order valence-electron chi connectivity index (χ1n) is 7.95. The van der Waals surface area contributed by atoms with Crippen LogP contribution in [0.3, 0.4) is 0 Å². The monoisotopic (exact) mass is 253 g/mol. The molecule has 1 heterocycles. The molecule has 0 spiro atoms. The number of nitrogens with one attached hydrogen (secondary N) is 1. The molecule has 106 valence electrons. The van der Waals surface area contributed by atoms with Crippen LogP contribution in [-0.4, -0.2) is 61.7 Å². The third-order valence-electron chi connectivity index (χ3n) is 4.72. The second-order valence-corrected chi connectivity index (χ2v) is 6.12. The van der Waals surface area contributed by atoms with Crippen LogP contribution in [0.1, 0.15) is 45.4 Å². The van der Waals surface area contributed by atoms with Crippen molar-refractivity contribution < 1.29 is 0 Å². The lowest BCUT2D eigenvalue weighted by atomic mass is 10.1. The lowest BCUT2D eigenvalue weighted by Gasteiger charge is -2.35. The molecular formula is C15H31N3. The minimum absolute atomic E-state index is 0.737. The molecule has 1 saturated carbocycles. The van der Waals surface area contributed by atoms with Crippen LogP contribution in [0.25, 0.3) is 0 Å². The summed E-state index contributed by atoms with van der Waals surface area (Å²) in [6.07, 6.45) is 8.48. The molecule has 0 aromatic heterocycles. The van der Waals surface area contributed by atoms with Crippen molar-refractivity contribution in [2.24, 2.45) is 0 Å². The van der Waals surface area contributed by atoms with Crippen molar-refractivity contribution in [2.45, 2.75) is 57.5 Å². The van der Waals surface area contributed by atoms with Gasteiger partial charge in [0.25, 0.3) is 0 Å². The van der Waals surface area contributed by atoms with Crippen LogP contribution >= 0.6 is 0 Å². The summed E-state index contributed by atoms with van der Waals surface area (Å²) in [7, 11) is 2.32. The van der Waals surface area contributed by atoms with Crippen molar-refractivity contribution in [3.05, 3.63) is 0 Å². The molecule has 0 bridgehead atoms. The van der Waals surface area contributed by atoms with Crippen molar-refractivity contribution in [1.82, 2.24) is 15.1 Å². The van der Waals surface area contributed by atoms with E-state index in [1.165, 1.54) is 64.7 Å². The van der Waals surface area contributed by atoms with E-state index in [0.29, 0.717) is 0 Å². The van der Waals surface area contributed by atoms with Gasteiger partial charge in [-0.1, -0.05) is 19.8 Å². The van der Waals surface area contributed by atoms with E-state index in [9.17, 15) is 0 Å². The highest BCUT2D eigenvalue weighted by Gasteiger charge is 2.22. The molecule has 0 radical (unpaired) electrons. The zero-order valence-corrected chi connectivity index (χ0v) is 12.3. The second kappa shape index (κ2) is 7.46. The Hall–Kier alpha value is -0.120. The van der Waals surface area contributed by atoms with Gasteiger partial charge >= 0.3 is 0 Å². The van der Waals surface area contributed by atoms with Gasteiger partial charge in [0.2, 0.25) is 0 Å². The molecule has 1 N–H and O–H groups in total. The van der Waals surface area contributed by atoms with Gasteiger partial charge in [-0.15, -0.1) is 0 Å². The largest absolute Gasteiger partial charge is 0.313 e. The second-order valence-electron chi connectivity index (χ2n) is 6.12. The highest BCUT2D eigenvalue weighted by Crippen LogP contribution is 2.22. The molecule has 0 aromatic carbocycles. The fourth-order valence-corrected chi connectivity index (χ4v) is 3.54. The summed E-state index contributed by atoms with van der Waals surface area (Å²) in [5.41, 5.74) is 0. The standard InChI is InChI=1S/C15H31N3/c1-3-16-14-7-6-10-18(13-14)12-11-17(2)15-8-4-5-9-15/h14-16H,3-13H2,1-2H3. The quantitative estimate of drug-likeness (QED) is 0.780. The number of rotatable bonds is 6. The average Bonchev–Trinajstić information content (AvgIpc) is 2.91. The Morgan fingerprint density at radius 3 is 2.67 bits per heavy atom. The van der Waals surface area contributed by atoms with E-state index in [1.807, 2.05) is 0 Å². The van der Waals surface area contributed by atoms with Crippen molar-refractivity contribution in [2.75, 3.05) is 39.8 Å². The average molecular weight is 253 g/mol. The molecule has 1 saturated heterocycles. The Balaban J connectivity index is 1.65. The minimum atomic E-state index is 0.737. The maximum atomic E-state index is 3.60. The molecule has 1 unspecified atom stereocenters. The Morgan fingerprint density at radius 1 is 1.17 bits per heavy atom. The number of hydrogen-bond donors (Lipinski definition) is 1.